The van der Waals surface area contributed by atoms with Gasteiger partial charge in [0.05, 0.1) is 26.4 Å². The third-order valence-corrected chi connectivity index (χ3v) is 3.68. The van der Waals surface area contributed by atoms with Gasteiger partial charge in [-0.25, -0.2) is 0 Å². The van der Waals surface area contributed by atoms with Crippen molar-refractivity contribution < 1.29 is 19.0 Å². The number of nitrogens with zero attached hydrogens (tertiary/aromatic N) is 1. The number of ketones is 1. The number of methoxy groups -OCH3 is 2. The maximum atomic E-state index is 12.7. The van der Waals surface area contributed by atoms with Crippen LogP contribution in [0.4, 0.5) is 0 Å². The first kappa shape index (κ1) is 19.1. The highest BCUT2D eigenvalue weighted by molar-refractivity contribution is 6.15. The Bertz CT molecular complexity index is 849. The summed E-state index contributed by atoms with van der Waals surface area (Å²) in [7, 11) is 3.05. The minimum atomic E-state index is -0.392. The predicted molar refractivity (Wildman–Crippen MR) is 99.7 cm³/mol. The lowest BCUT2D eigenvalue weighted by molar-refractivity contribution is 0.103. The van der Waals surface area contributed by atoms with E-state index < -0.39 is 5.78 Å². The monoisotopic (exact) mass is 351 g/mol. The molecule has 2 rings (SSSR count). The highest BCUT2D eigenvalue weighted by atomic mass is 16.5. The number of carbonyl (C=O) groups is 1. The average molecular weight is 351 g/mol. The van der Waals surface area contributed by atoms with Crippen LogP contribution in [0, 0.1) is 11.3 Å². The second kappa shape index (κ2) is 9.28. The van der Waals surface area contributed by atoms with Gasteiger partial charge in [-0.1, -0.05) is 25.1 Å². The van der Waals surface area contributed by atoms with Crippen LogP contribution in [0.1, 0.15) is 29.3 Å². The Labute approximate surface area is 153 Å². The van der Waals surface area contributed by atoms with Crippen LogP contribution >= 0.6 is 0 Å². The second-order valence-corrected chi connectivity index (χ2v) is 5.46. The van der Waals surface area contributed by atoms with Crippen LogP contribution in [0.5, 0.6) is 17.2 Å². The van der Waals surface area contributed by atoms with E-state index in [1.165, 1.54) is 13.2 Å². The molecule has 2 aromatic carbocycles. The molecular formula is C21H21NO4. The standard InChI is InChI=1S/C21H21NO4/c1-4-11-26-20-13-15(9-10-19(20)25-3)12-16(14-22)21(23)17-7-5-6-8-18(17)24-2/h5-10,12-13H,4,11H2,1-3H3/b16-12+. The van der Waals surface area contributed by atoms with Crippen molar-refractivity contribution in [3.05, 3.63) is 59.2 Å². The number of para-hydroxylation sites is 1. The molecule has 0 N–H and O–H groups in total. The Morgan fingerprint density at radius 1 is 1.08 bits per heavy atom. The van der Waals surface area contributed by atoms with E-state index in [1.54, 1.807) is 49.6 Å². The number of nitriles is 1. The molecule has 0 aromatic heterocycles. The van der Waals surface area contributed by atoms with E-state index in [0.717, 1.165) is 6.42 Å². The first-order valence-corrected chi connectivity index (χ1v) is 8.25. The summed E-state index contributed by atoms with van der Waals surface area (Å²) >= 11 is 0. The summed E-state index contributed by atoms with van der Waals surface area (Å²) in [6.07, 6.45) is 2.39. The van der Waals surface area contributed by atoms with Gasteiger partial charge in [-0.3, -0.25) is 4.79 Å². The molecule has 0 aliphatic carbocycles. The van der Waals surface area contributed by atoms with E-state index in [4.69, 9.17) is 14.2 Å². The lowest BCUT2D eigenvalue weighted by Gasteiger charge is -2.11. The molecule has 0 aliphatic rings. The molecule has 0 spiro atoms. The first-order chi connectivity index (χ1) is 12.6. The van der Waals surface area contributed by atoms with Crippen molar-refractivity contribution >= 4 is 11.9 Å². The zero-order valence-electron chi connectivity index (χ0n) is 15.1. The van der Waals surface area contributed by atoms with Gasteiger partial charge in [-0.2, -0.15) is 5.26 Å². The SMILES string of the molecule is CCCOc1cc(/C=C(\C#N)C(=O)c2ccccc2OC)ccc1OC. The molecular weight excluding hydrogens is 330 g/mol. The van der Waals surface area contributed by atoms with E-state index in [-0.39, 0.29) is 5.57 Å². The van der Waals surface area contributed by atoms with Crippen LogP contribution in [0.15, 0.2) is 48.0 Å². The van der Waals surface area contributed by atoms with Gasteiger partial charge >= 0.3 is 0 Å². The van der Waals surface area contributed by atoms with Gasteiger partial charge in [-0.05, 0) is 42.3 Å². The summed E-state index contributed by atoms with van der Waals surface area (Å²) in [6.45, 7) is 2.56. The highest BCUT2D eigenvalue weighted by Gasteiger charge is 2.17. The second-order valence-electron chi connectivity index (χ2n) is 5.46. The number of ether oxygens (including phenoxy) is 3. The molecule has 5 nitrogen and oxygen atoms in total. The molecule has 0 radical (unpaired) electrons. The van der Waals surface area contributed by atoms with Gasteiger partial charge in [0.25, 0.3) is 0 Å². The quantitative estimate of drug-likeness (QED) is 0.403. The van der Waals surface area contributed by atoms with E-state index in [1.807, 2.05) is 13.0 Å². The molecule has 0 amide bonds. The van der Waals surface area contributed by atoms with Gasteiger partial charge in [0.2, 0.25) is 5.78 Å². The van der Waals surface area contributed by atoms with Gasteiger partial charge in [0.15, 0.2) is 11.5 Å². The molecule has 0 fully saturated rings. The molecule has 134 valence electrons. The third-order valence-electron chi connectivity index (χ3n) is 3.68. The first-order valence-electron chi connectivity index (χ1n) is 8.25. The van der Waals surface area contributed by atoms with Crippen molar-refractivity contribution in [2.45, 2.75) is 13.3 Å². The van der Waals surface area contributed by atoms with Crippen LogP contribution < -0.4 is 14.2 Å². The van der Waals surface area contributed by atoms with Gasteiger partial charge in [0.1, 0.15) is 17.4 Å². The summed E-state index contributed by atoms with van der Waals surface area (Å²) in [6, 6.07) is 14.1. The molecule has 0 saturated carbocycles. The molecule has 0 atom stereocenters. The van der Waals surface area contributed by atoms with E-state index in [9.17, 15) is 10.1 Å². The lowest BCUT2D eigenvalue weighted by Crippen LogP contribution is -2.04. The fourth-order valence-electron chi connectivity index (χ4n) is 2.40. The van der Waals surface area contributed by atoms with Crippen molar-refractivity contribution in [1.82, 2.24) is 0 Å². The number of carbonyl (C=O) groups excluding carboxylic acids is 1. The minimum Gasteiger partial charge on any atom is -0.496 e. The summed E-state index contributed by atoms with van der Waals surface area (Å²) in [5.74, 6) is 1.22. The van der Waals surface area contributed by atoms with Crippen LogP contribution in [-0.4, -0.2) is 26.6 Å². The number of hydrogen-bond donors (Lipinski definition) is 0. The molecule has 26 heavy (non-hydrogen) atoms. The Morgan fingerprint density at radius 3 is 2.46 bits per heavy atom. The number of hydrogen-bond acceptors (Lipinski definition) is 5. The van der Waals surface area contributed by atoms with Gasteiger partial charge in [-0.15, -0.1) is 0 Å². The summed E-state index contributed by atoms with van der Waals surface area (Å²) in [5.41, 5.74) is 1.04. The maximum absolute atomic E-state index is 12.7. The van der Waals surface area contributed by atoms with Crippen LogP contribution in [-0.2, 0) is 0 Å². The molecule has 0 aliphatic heterocycles. The normalized spacial score (nSPS) is 10.8. The fourth-order valence-corrected chi connectivity index (χ4v) is 2.40. The molecule has 2 aromatic rings. The van der Waals surface area contributed by atoms with E-state index >= 15 is 0 Å². The van der Waals surface area contributed by atoms with Crippen molar-refractivity contribution in [3.63, 3.8) is 0 Å². The smallest absolute Gasteiger partial charge is 0.207 e. The van der Waals surface area contributed by atoms with Crippen LogP contribution in [0.3, 0.4) is 0 Å². The zero-order chi connectivity index (χ0) is 18.9. The third kappa shape index (κ3) is 4.42. The number of allylic oxidation sites excluding steroid dienone is 1. The summed E-state index contributed by atoms with van der Waals surface area (Å²) in [5, 5.41) is 9.46. The fraction of sp³-hybridized carbons (Fsp3) is 0.238. The zero-order valence-corrected chi connectivity index (χ0v) is 15.1. The van der Waals surface area contributed by atoms with Crippen LogP contribution in [0.25, 0.3) is 6.08 Å². The number of benzene rings is 2. The lowest BCUT2D eigenvalue weighted by atomic mass is 10.0. The Kier molecular flexibility index (Phi) is 6.81. The Balaban J connectivity index is 2.39. The van der Waals surface area contributed by atoms with E-state index in [0.29, 0.717) is 35.0 Å². The molecule has 0 bridgehead atoms. The van der Waals surface area contributed by atoms with Crippen molar-refractivity contribution in [2.75, 3.05) is 20.8 Å². The topological polar surface area (TPSA) is 68.5 Å². The Morgan fingerprint density at radius 2 is 1.81 bits per heavy atom. The van der Waals surface area contributed by atoms with Crippen molar-refractivity contribution in [3.8, 4) is 23.3 Å². The van der Waals surface area contributed by atoms with Crippen molar-refractivity contribution in [1.29, 1.82) is 5.26 Å². The molecule has 0 saturated heterocycles. The van der Waals surface area contributed by atoms with Gasteiger partial charge in [0, 0.05) is 0 Å². The molecule has 0 unspecified atom stereocenters. The number of Topliss-reactive ketones (excluding diaryl/α,β-unsaturated/α-hetero) is 1. The molecule has 0 heterocycles. The van der Waals surface area contributed by atoms with Crippen LogP contribution in [0.2, 0.25) is 0 Å². The average Bonchev–Trinajstić information content (AvgIpc) is 2.69. The predicted octanol–water partition coefficient (Wildman–Crippen LogP) is 4.28. The highest BCUT2D eigenvalue weighted by Crippen LogP contribution is 2.29. The summed E-state index contributed by atoms with van der Waals surface area (Å²) in [4.78, 5) is 12.7. The largest absolute Gasteiger partial charge is 0.496 e. The maximum Gasteiger partial charge on any atom is 0.207 e. The van der Waals surface area contributed by atoms with E-state index in [2.05, 4.69) is 0 Å². The van der Waals surface area contributed by atoms with Gasteiger partial charge < -0.3 is 14.2 Å². The summed E-state index contributed by atoms with van der Waals surface area (Å²) < 4.78 is 16.2. The number of rotatable bonds is 8. The Hall–Kier alpha value is -3.26. The molecule has 5 heteroatoms. The minimum absolute atomic E-state index is 0.0149. The van der Waals surface area contributed by atoms with Crippen molar-refractivity contribution in [2.24, 2.45) is 0 Å².